The van der Waals surface area contributed by atoms with Crippen molar-refractivity contribution in [2.24, 2.45) is 0 Å². The van der Waals surface area contributed by atoms with Gasteiger partial charge < -0.3 is 9.64 Å². The smallest absolute Gasteiger partial charge is 0.435 e. The fourth-order valence-corrected chi connectivity index (χ4v) is 2.36. The number of amides is 1. The van der Waals surface area contributed by atoms with Gasteiger partial charge in [-0.05, 0) is 39.7 Å². The molecule has 8 heteroatoms. The van der Waals surface area contributed by atoms with Gasteiger partial charge in [0, 0.05) is 19.3 Å². The van der Waals surface area contributed by atoms with E-state index >= 15 is 0 Å². The van der Waals surface area contributed by atoms with E-state index in [2.05, 4.69) is 5.10 Å². The van der Waals surface area contributed by atoms with Crippen LogP contribution in [0.5, 0.6) is 0 Å². The number of likely N-dealkylation sites (tertiary alicyclic amines) is 1. The molecule has 0 aromatic carbocycles. The first-order valence-electron chi connectivity index (χ1n) is 7.16. The monoisotopic (exact) mass is 319 g/mol. The highest BCUT2D eigenvalue weighted by Crippen LogP contribution is 2.29. The molecule has 2 rings (SSSR count). The van der Waals surface area contributed by atoms with E-state index in [0.29, 0.717) is 25.9 Å². The first-order valence-corrected chi connectivity index (χ1v) is 7.16. The van der Waals surface area contributed by atoms with Gasteiger partial charge in [-0.1, -0.05) is 0 Å². The van der Waals surface area contributed by atoms with Gasteiger partial charge in [-0.25, -0.2) is 4.79 Å². The van der Waals surface area contributed by atoms with Gasteiger partial charge >= 0.3 is 12.3 Å². The quantitative estimate of drug-likeness (QED) is 0.796. The third kappa shape index (κ3) is 4.14. The minimum Gasteiger partial charge on any atom is -0.444 e. The van der Waals surface area contributed by atoms with Gasteiger partial charge in [0.2, 0.25) is 0 Å². The lowest BCUT2D eigenvalue weighted by molar-refractivity contribution is -0.141. The molecule has 1 fully saturated rings. The molecule has 1 aliphatic heterocycles. The van der Waals surface area contributed by atoms with Gasteiger partial charge in [0.25, 0.3) is 0 Å². The Balaban J connectivity index is 2.04. The molecule has 0 radical (unpaired) electrons. The van der Waals surface area contributed by atoms with E-state index in [-0.39, 0.29) is 6.04 Å². The van der Waals surface area contributed by atoms with Crippen LogP contribution in [0.25, 0.3) is 0 Å². The second kappa shape index (κ2) is 5.81. The normalized spacial score (nSPS) is 20.1. The molecular formula is C14H20F3N3O2. The van der Waals surface area contributed by atoms with E-state index in [1.54, 1.807) is 20.8 Å². The summed E-state index contributed by atoms with van der Waals surface area (Å²) >= 11 is 0. The van der Waals surface area contributed by atoms with Crippen molar-refractivity contribution in [3.63, 3.8) is 0 Å². The average Bonchev–Trinajstić information content (AvgIpc) is 2.86. The summed E-state index contributed by atoms with van der Waals surface area (Å²) in [5, 5.41) is 3.59. The van der Waals surface area contributed by atoms with Crippen LogP contribution in [0.2, 0.25) is 0 Å². The lowest BCUT2D eigenvalue weighted by Crippen LogP contribution is -2.43. The molecule has 0 spiro atoms. The first kappa shape index (κ1) is 16.6. The van der Waals surface area contributed by atoms with Crippen LogP contribution < -0.4 is 0 Å². The highest BCUT2D eigenvalue weighted by atomic mass is 19.4. The van der Waals surface area contributed by atoms with Crippen molar-refractivity contribution in [1.82, 2.24) is 14.7 Å². The van der Waals surface area contributed by atoms with E-state index in [1.807, 2.05) is 0 Å². The molecule has 1 unspecified atom stereocenters. The molecule has 2 heterocycles. The second-order valence-corrected chi connectivity index (χ2v) is 6.40. The number of rotatable bonds is 1. The third-order valence-corrected chi connectivity index (χ3v) is 3.32. The summed E-state index contributed by atoms with van der Waals surface area (Å²) in [4.78, 5) is 13.6. The molecule has 1 aliphatic rings. The Morgan fingerprint density at radius 3 is 2.59 bits per heavy atom. The van der Waals surface area contributed by atoms with Crippen LogP contribution >= 0.6 is 0 Å². The molecule has 0 aliphatic carbocycles. The van der Waals surface area contributed by atoms with Crippen molar-refractivity contribution in [1.29, 1.82) is 0 Å². The van der Waals surface area contributed by atoms with E-state index < -0.39 is 23.6 Å². The predicted molar refractivity (Wildman–Crippen MR) is 73.3 cm³/mol. The van der Waals surface area contributed by atoms with Crippen LogP contribution in [0.15, 0.2) is 12.3 Å². The Bertz CT molecular complexity index is 534. The molecule has 0 saturated carbocycles. The Hall–Kier alpha value is -1.73. The zero-order valence-electron chi connectivity index (χ0n) is 12.9. The van der Waals surface area contributed by atoms with Gasteiger partial charge in [0.15, 0.2) is 5.69 Å². The lowest BCUT2D eigenvalue weighted by Gasteiger charge is -2.34. The van der Waals surface area contributed by atoms with Crippen LogP contribution in [0.4, 0.5) is 18.0 Å². The van der Waals surface area contributed by atoms with Crippen molar-refractivity contribution in [3.05, 3.63) is 18.0 Å². The maximum Gasteiger partial charge on any atom is 0.435 e. The van der Waals surface area contributed by atoms with Crippen molar-refractivity contribution in [2.75, 3.05) is 13.1 Å². The first-order chi connectivity index (χ1) is 10.1. The summed E-state index contributed by atoms with van der Waals surface area (Å²) in [6, 6.07) is 0.684. The maximum atomic E-state index is 12.6. The molecule has 0 bridgehead atoms. The Kier molecular flexibility index (Phi) is 4.39. The van der Waals surface area contributed by atoms with Crippen LogP contribution in [0.1, 0.15) is 45.3 Å². The number of piperidine rings is 1. The topological polar surface area (TPSA) is 47.4 Å². The van der Waals surface area contributed by atoms with E-state index in [1.165, 1.54) is 15.8 Å². The minimum atomic E-state index is -4.45. The molecule has 124 valence electrons. The highest BCUT2D eigenvalue weighted by molar-refractivity contribution is 5.68. The van der Waals surface area contributed by atoms with Crippen LogP contribution in [0.3, 0.4) is 0 Å². The molecule has 1 aromatic rings. The molecular weight excluding hydrogens is 299 g/mol. The lowest BCUT2D eigenvalue weighted by atomic mass is 10.1. The number of carbonyl (C=O) groups excluding carboxylic acids is 1. The number of alkyl halides is 3. The molecule has 0 N–H and O–H groups in total. The fraction of sp³-hybridized carbons (Fsp3) is 0.714. The Morgan fingerprint density at radius 1 is 1.36 bits per heavy atom. The van der Waals surface area contributed by atoms with E-state index in [0.717, 1.165) is 6.07 Å². The Morgan fingerprint density at radius 2 is 2.05 bits per heavy atom. The number of hydrogen-bond acceptors (Lipinski definition) is 3. The van der Waals surface area contributed by atoms with Gasteiger partial charge in [0.1, 0.15) is 5.60 Å². The zero-order chi connectivity index (χ0) is 16.5. The molecule has 1 amide bonds. The molecule has 1 aromatic heterocycles. The molecule has 22 heavy (non-hydrogen) atoms. The summed E-state index contributed by atoms with van der Waals surface area (Å²) < 4.78 is 44.4. The number of hydrogen-bond donors (Lipinski definition) is 0. The average molecular weight is 319 g/mol. The number of aromatic nitrogens is 2. The maximum absolute atomic E-state index is 12.6. The van der Waals surface area contributed by atoms with Crippen LogP contribution in [-0.2, 0) is 10.9 Å². The molecule has 5 nitrogen and oxygen atoms in total. The summed E-state index contributed by atoms with van der Waals surface area (Å²) in [5.41, 5.74) is -1.51. The van der Waals surface area contributed by atoms with Crippen LogP contribution in [0, 0.1) is 0 Å². The van der Waals surface area contributed by atoms with Gasteiger partial charge in [-0.15, -0.1) is 0 Å². The minimum absolute atomic E-state index is 0.266. The van der Waals surface area contributed by atoms with Gasteiger partial charge in [0.05, 0.1) is 6.04 Å². The van der Waals surface area contributed by atoms with Crippen LogP contribution in [-0.4, -0.2) is 39.5 Å². The highest BCUT2D eigenvalue weighted by Gasteiger charge is 2.35. The van der Waals surface area contributed by atoms with Crippen molar-refractivity contribution >= 4 is 6.09 Å². The fourth-order valence-electron chi connectivity index (χ4n) is 2.36. The summed E-state index contributed by atoms with van der Waals surface area (Å²) in [7, 11) is 0. The number of ether oxygens (including phenoxy) is 1. The second-order valence-electron chi connectivity index (χ2n) is 6.40. The SMILES string of the molecule is CC(C)(C)OC(=O)N1CCCC(n2ccc(C(F)(F)F)n2)C1. The zero-order valence-corrected chi connectivity index (χ0v) is 12.9. The number of nitrogens with zero attached hydrogens (tertiary/aromatic N) is 3. The summed E-state index contributed by atoms with van der Waals surface area (Å²) in [6.07, 6.45) is -2.21. The van der Waals surface area contributed by atoms with Gasteiger partial charge in [-0.3, -0.25) is 4.68 Å². The predicted octanol–water partition coefficient (Wildman–Crippen LogP) is 3.47. The molecule has 1 atom stereocenters. The standard InChI is InChI=1S/C14H20F3N3O2/c1-13(2,3)22-12(21)19-7-4-5-10(9-19)20-8-6-11(18-20)14(15,16)17/h6,8,10H,4-5,7,9H2,1-3H3. The summed E-state index contributed by atoms with van der Waals surface area (Å²) in [5.74, 6) is 0. The Labute approximate surface area is 127 Å². The molecule has 1 saturated heterocycles. The number of carbonyl (C=O) groups is 1. The van der Waals surface area contributed by atoms with Crippen molar-refractivity contribution < 1.29 is 22.7 Å². The van der Waals surface area contributed by atoms with Gasteiger partial charge in [-0.2, -0.15) is 18.3 Å². The number of halogens is 3. The third-order valence-electron chi connectivity index (χ3n) is 3.32. The van der Waals surface area contributed by atoms with Crippen molar-refractivity contribution in [2.45, 2.75) is 51.4 Å². The van der Waals surface area contributed by atoms with E-state index in [9.17, 15) is 18.0 Å². The van der Waals surface area contributed by atoms with Crippen molar-refractivity contribution in [3.8, 4) is 0 Å². The largest absolute Gasteiger partial charge is 0.444 e. The summed E-state index contributed by atoms with van der Waals surface area (Å²) in [6.45, 7) is 6.16. The van der Waals surface area contributed by atoms with E-state index in [4.69, 9.17) is 4.74 Å².